The lowest BCUT2D eigenvalue weighted by Crippen LogP contribution is -2.04. The molecule has 4 nitrogen and oxygen atoms in total. The van der Waals surface area contributed by atoms with Crippen LogP contribution in [-0.4, -0.2) is 19.3 Å². The highest BCUT2D eigenvalue weighted by Crippen LogP contribution is 2.33. The van der Waals surface area contributed by atoms with Gasteiger partial charge in [-0.2, -0.15) is 0 Å². The van der Waals surface area contributed by atoms with E-state index in [2.05, 4.69) is 130 Å². The van der Waals surface area contributed by atoms with Gasteiger partial charge in [0.15, 0.2) is 5.82 Å². The predicted molar refractivity (Wildman–Crippen MR) is 135 cm³/mol. The Morgan fingerprint density at radius 1 is 0.545 bits per heavy atom. The second-order valence-electron chi connectivity index (χ2n) is 8.62. The monoisotopic (exact) mass is 428 g/mol. The Labute approximate surface area is 192 Å². The molecule has 0 bridgehead atoms. The molecule has 0 radical (unpaired) electrons. The number of hydrogen-bond donors (Lipinski definition) is 0. The van der Waals surface area contributed by atoms with Gasteiger partial charge >= 0.3 is 0 Å². The van der Waals surface area contributed by atoms with Crippen LogP contribution in [-0.2, 0) is 0 Å². The molecule has 2 heterocycles. The van der Waals surface area contributed by atoms with Crippen LogP contribution in [0.2, 0.25) is 0 Å². The molecule has 6 aromatic rings. The molecule has 0 amide bonds. The SMILES string of the molecule is CC(C)c1nnc(-c2ccc(-n3c4ccccc4c4ccccc43)cc2)n1-c1ccccc1. The third kappa shape index (κ3) is 3.14. The van der Waals surface area contributed by atoms with Gasteiger partial charge in [-0.25, -0.2) is 0 Å². The molecule has 0 atom stereocenters. The first-order valence-electron chi connectivity index (χ1n) is 11.3. The van der Waals surface area contributed by atoms with Crippen molar-refractivity contribution in [1.82, 2.24) is 19.3 Å². The average Bonchev–Trinajstić information content (AvgIpc) is 3.45. The Kier molecular flexibility index (Phi) is 4.58. The fourth-order valence-corrected chi connectivity index (χ4v) is 4.65. The number of rotatable bonds is 4. The van der Waals surface area contributed by atoms with Crippen LogP contribution in [0.5, 0.6) is 0 Å². The summed E-state index contributed by atoms with van der Waals surface area (Å²) in [5.74, 6) is 2.09. The van der Waals surface area contributed by atoms with E-state index >= 15 is 0 Å². The molecular formula is C29H24N4. The van der Waals surface area contributed by atoms with E-state index in [4.69, 9.17) is 0 Å². The molecule has 0 aliphatic rings. The molecule has 0 spiro atoms. The minimum atomic E-state index is 0.267. The zero-order chi connectivity index (χ0) is 22.4. The zero-order valence-corrected chi connectivity index (χ0v) is 18.7. The molecule has 4 aromatic carbocycles. The van der Waals surface area contributed by atoms with E-state index in [1.165, 1.54) is 21.8 Å². The van der Waals surface area contributed by atoms with Crippen LogP contribution in [0.25, 0.3) is 44.6 Å². The summed E-state index contributed by atoms with van der Waals surface area (Å²) in [6, 6.07) is 36.1. The van der Waals surface area contributed by atoms with Crippen molar-refractivity contribution in [2.24, 2.45) is 0 Å². The van der Waals surface area contributed by atoms with Gasteiger partial charge in [-0.15, -0.1) is 10.2 Å². The van der Waals surface area contributed by atoms with Gasteiger partial charge in [-0.1, -0.05) is 68.4 Å². The summed E-state index contributed by atoms with van der Waals surface area (Å²) in [5, 5.41) is 11.6. The minimum absolute atomic E-state index is 0.267. The molecular weight excluding hydrogens is 404 g/mol. The number of nitrogens with zero attached hydrogens (tertiary/aromatic N) is 4. The molecule has 0 aliphatic heterocycles. The smallest absolute Gasteiger partial charge is 0.168 e. The maximum absolute atomic E-state index is 4.58. The summed E-state index contributed by atoms with van der Waals surface area (Å²) in [6.07, 6.45) is 0. The average molecular weight is 429 g/mol. The van der Waals surface area contributed by atoms with E-state index in [-0.39, 0.29) is 5.92 Å². The van der Waals surface area contributed by atoms with Crippen molar-refractivity contribution >= 4 is 21.8 Å². The maximum Gasteiger partial charge on any atom is 0.168 e. The standard InChI is InChI=1S/C29H24N4/c1-20(2)28-30-31-29(33(28)22-10-4-3-5-11-22)21-16-18-23(19-17-21)32-26-14-8-6-12-24(26)25-13-7-9-15-27(25)32/h3-20H,1-2H3. The molecule has 0 aliphatic carbocycles. The number of benzene rings is 4. The third-order valence-corrected chi connectivity index (χ3v) is 6.18. The van der Waals surface area contributed by atoms with E-state index in [0.29, 0.717) is 0 Å². The van der Waals surface area contributed by atoms with Crippen LogP contribution >= 0.6 is 0 Å². The first-order valence-corrected chi connectivity index (χ1v) is 11.3. The lowest BCUT2D eigenvalue weighted by atomic mass is 10.1. The lowest BCUT2D eigenvalue weighted by Gasteiger charge is -2.13. The summed E-state index contributed by atoms with van der Waals surface area (Å²) in [7, 11) is 0. The molecule has 0 unspecified atom stereocenters. The van der Waals surface area contributed by atoms with Crippen molar-refractivity contribution in [2.45, 2.75) is 19.8 Å². The molecule has 0 saturated carbocycles. The van der Waals surface area contributed by atoms with Gasteiger partial charge in [0.25, 0.3) is 0 Å². The molecule has 2 aromatic heterocycles. The summed E-state index contributed by atoms with van der Waals surface area (Å²) in [6.45, 7) is 4.30. The Balaban J connectivity index is 1.50. The topological polar surface area (TPSA) is 35.6 Å². The van der Waals surface area contributed by atoms with E-state index in [1.807, 2.05) is 6.07 Å². The lowest BCUT2D eigenvalue weighted by molar-refractivity contribution is 0.746. The molecule has 0 N–H and O–H groups in total. The maximum atomic E-state index is 4.58. The Bertz CT molecular complexity index is 1520. The molecule has 0 fully saturated rings. The summed E-state index contributed by atoms with van der Waals surface area (Å²) in [4.78, 5) is 0. The van der Waals surface area contributed by atoms with Gasteiger partial charge in [0.05, 0.1) is 11.0 Å². The molecule has 33 heavy (non-hydrogen) atoms. The largest absolute Gasteiger partial charge is 0.309 e. The first kappa shape index (κ1) is 19.5. The zero-order valence-electron chi connectivity index (χ0n) is 18.7. The summed E-state index contributed by atoms with van der Waals surface area (Å²) < 4.78 is 4.50. The second kappa shape index (κ2) is 7.75. The van der Waals surface area contributed by atoms with Crippen molar-refractivity contribution in [3.63, 3.8) is 0 Å². The van der Waals surface area contributed by atoms with E-state index in [0.717, 1.165) is 28.6 Å². The summed E-state index contributed by atoms with van der Waals surface area (Å²) in [5.41, 5.74) is 5.67. The highest BCUT2D eigenvalue weighted by Gasteiger charge is 2.18. The van der Waals surface area contributed by atoms with Crippen molar-refractivity contribution in [1.29, 1.82) is 0 Å². The van der Waals surface area contributed by atoms with Gasteiger partial charge in [0, 0.05) is 33.6 Å². The highest BCUT2D eigenvalue weighted by atomic mass is 15.3. The number of hydrogen-bond acceptors (Lipinski definition) is 2. The van der Waals surface area contributed by atoms with Gasteiger partial charge in [-0.05, 0) is 48.5 Å². The van der Waals surface area contributed by atoms with Gasteiger partial charge in [0.2, 0.25) is 0 Å². The fourth-order valence-electron chi connectivity index (χ4n) is 4.65. The molecule has 160 valence electrons. The Hall–Kier alpha value is -4.18. The number of para-hydroxylation sites is 3. The predicted octanol–water partition coefficient (Wildman–Crippen LogP) is 7.15. The van der Waals surface area contributed by atoms with Crippen LogP contribution in [0.1, 0.15) is 25.6 Å². The van der Waals surface area contributed by atoms with Gasteiger partial charge in [-0.3, -0.25) is 4.57 Å². The van der Waals surface area contributed by atoms with E-state index in [9.17, 15) is 0 Å². The molecule has 0 saturated heterocycles. The Morgan fingerprint density at radius 2 is 1.09 bits per heavy atom. The van der Waals surface area contributed by atoms with Crippen LogP contribution < -0.4 is 0 Å². The Morgan fingerprint density at radius 3 is 1.70 bits per heavy atom. The molecule has 6 rings (SSSR count). The number of aromatic nitrogens is 4. The van der Waals surface area contributed by atoms with Crippen LogP contribution in [0.4, 0.5) is 0 Å². The van der Waals surface area contributed by atoms with E-state index < -0.39 is 0 Å². The van der Waals surface area contributed by atoms with Crippen molar-refractivity contribution in [3.05, 3.63) is 109 Å². The fraction of sp³-hybridized carbons (Fsp3) is 0.103. The van der Waals surface area contributed by atoms with Crippen LogP contribution in [0.3, 0.4) is 0 Å². The normalized spacial score (nSPS) is 11.6. The first-order chi connectivity index (χ1) is 16.2. The molecule has 4 heteroatoms. The van der Waals surface area contributed by atoms with Crippen LogP contribution in [0, 0.1) is 0 Å². The summed E-state index contributed by atoms with van der Waals surface area (Å²) >= 11 is 0. The van der Waals surface area contributed by atoms with Gasteiger partial charge < -0.3 is 4.57 Å². The second-order valence-corrected chi connectivity index (χ2v) is 8.62. The minimum Gasteiger partial charge on any atom is -0.309 e. The highest BCUT2D eigenvalue weighted by molar-refractivity contribution is 6.09. The van der Waals surface area contributed by atoms with E-state index in [1.54, 1.807) is 0 Å². The van der Waals surface area contributed by atoms with Crippen molar-refractivity contribution < 1.29 is 0 Å². The number of fused-ring (bicyclic) bond motifs is 3. The van der Waals surface area contributed by atoms with Gasteiger partial charge in [0.1, 0.15) is 5.82 Å². The van der Waals surface area contributed by atoms with Crippen molar-refractivity contribution in [2.75, 3.05) is 0 Å². The van der Waals surface area contributed by atoms with Crippen LogP contribution in [0.15, 0.2) is 103 Å². The quantitative estimate of drug-likeness (QED) is 0.299. The van der Waals surface area contributed by atoms with Crippen molar-refractivity contribution in [3.8, 4) is 22.8 Å². The third-order valence-electron chi connectivity index (χ3n) is 6.18.